The topological polar surface area (TPSA) is 83.8 Å². The van der Waals surface area contributed by atoms with Gasteiger partial charge in [-0.25, -0.2) is 14.5 Å². The minimum Gasteiger partial charge on any atom is -0.369 e. The summed E-state index contributed by atoms with van der Waals surface area (Å²) in [4.78, 5) is 9.12. The zero-order valence-electron chi connectivity index (χ0n) is 12.6. The van der Waals surface area contributed by atoms with Crippen molar-refractivity contribution in [1.82, 2.24) is 29.8 Å². The third-order valence-corrected chi connectivity index (χ3v) is 3.80. The van der Waals surface area contributed by atoms with Crippen molar-refractivity contribution in [3.05, 3.63) is 24.2 Å². The summed E-state index contributed by atoms with van der Waals surface area (Å²) in [5.41, 5.74) is 3.58. The maximum Gasteiger partial charge on any atom is 0.185 e. The van der Waals surface area contributed by atoms with Gasteiger partial charge in [0.1, 0.15) is 5.82 Å². The highest BCUT2D eigenvalue weighted by molar-refractivity contribution is 6.06. The van der Waals surface area contributed by atoms with E-state index in [-0.39, 0.29) is 0 Å². The van der Waals surface area contributed by atoms with Gasteiger partial charge < -0.3 is 5.32 Å². The Labute approximate surface area is 126 Å². The summed E-state index contributed by atoms with van der Waals surface area (Å²) in [5, 5.41) is 16.7. The van der Waals surface area contributed by atoms with Crippen molar-refractivity contribution in [1.29, 1.82) is 0 Å². The Morgan fingerprint density at radius 3 is 3.05 bits per heavy atom. The number of pyridine rings is 1. The van der Waals surface area contributed by atoms with Gasteiger partial charge in [-0.05, 0) is 13.3 Å². The molecule has 112 valence electrons. The molecule has 0 bridgehead atoms. The molecule has 0 radical (unpaired) electrons. The quantitative estimate of drug-likeness (QED) is 0.565. The third-order valence-electron chi connectivity index (χ3n) is 3.80. The van der Waals surface area contributed by atoms with Crippen molar-refractivity contribution in [2.24, 2.45) is 0 Å². The van der Waals surface area contributed by atoms with Crippen LogP contribution in [0.2, 0.25) is 0 Å². The fraction of sp³-hybridized carbons (Fsp3) is 0.333. The number of aromatic amines is 1. The molecule has 0 atom stereocenters. The molecule has 0 aliphatic heterocycles. The number of rotatable bonds is 4. The van der Waals surface area contributed by atoms with E-state index in [1.54, 1.807) is 6.20 Å². The normalized spacial score (nSPS) is 11.7. The minimum atomic E-state index is 0.652. The van der Waals surface area contributed by atoms with Gasteiger partial charge in [0.2, 0.25) is 0 Å². The fourth-order valence-corrected chi connectivity index (χ4v) is 2.73. The van der Waals surface area contributed by atoms with Crippen LogP contribution in [0, 0.1) is 6.92 Å². The van der Waals surface area contributed by atoms with Gasteiger partial charge in [-0.3, -0.25) is 5.10 Å². The highest BCUT2D eigenvalue weighted by Gasteiger charge is 2.14. The molecule has 7 heteroatoms. The average Bonchev–Trinajstić information content (AvgIpc) is 3.12. The Bertz CT molecular complexity index is 966. The summed E-state index contributed by atoms with van der Waals surface area (Å²) in [6, 6.07) is 2.03. The summed E-state index contributed by atoms with van der Waals surface area (Å²) in [6.07, 6.45) is 5.82. The number of fused-ring (bicyclic) bond motifs is 5. The van der Waals surface area contributed by atoms with Crippen LogP contribution in [0.15, 0.2) is 18.5 Å². The van der Waals surface area contributed by atoms with Gasteiger partial charge in [0.15, 0.2) is 11.3 Å². The molecule has 0 aliphatic carbocycles. The Morgan fingerprint density at radius 2 is 2.18 bits per heavy atom. The van der Waals surface area contributed by atoms with Crippen LogP contribution in [0.5, 0.6) is 0 Å². The van der Waals surface area contributed by atoms with Crippen molar-refractivity contribution in [2.75, 3.05) is 11.9 Å². The molecule has 4 heterocycles. The predicted octanol–water partition coefficient (Wildman–Crippen LogP) is 2.67. The number of anilines is 1. The smallest absolute Gasteiger partial charge is 0.185 e. The summed E-state index contributed by atoms with van der Waals surface area (Å²) >= 11 is 0. The number of aryl methyl sites for hydroxylation is 1. The van der Waals surface area contributed by atoms with Gasteiger partial charge >= 0.3 is 0 Å². The van der Waals surface area contributed by atoms with E-state index in [0.29, 0.717) is 5.65 Å². The first-order chi connectivity index (χ1) is 10.8. The van der Waals surface area contributed by atoms with Crippen molar-refractivity contribution < 1.29 is 0 Å². The van der Waals surface area contributed by atoms with Crippen LogP contribution >= 0.6 is 0 Å². The molecule has 2 N–H and O–H groups in total. The lowest BCUT2D eigenvalue weighted by molar-refractivity contribution is 0.831. The van der Waals surface area contributed by atoms with Crippen LogP contribution < -0.4 is 5.32 Å². The van der Waals surface area contributed by atoms with Crippen LogP contribution in [0.4, 0.5) is 5.82 Å². The maximum atomic E-state index is 4.73. The van der Waals surface area contributed by atoms with Crippen molar-refractivity contribution in [3.8, 4) is 0 Å². The molecule has 0 saturated carbocycles. The van der Waals surface area contributed by atoms with Gasteiger partial charge in [-0.2, -0.15) is 5.10 Å². The zero-order chi connectivity index (χ0) is 15.1. The number of nitrogens with one attached hydrogen (secondary N) is 2. The third kappa shape index (κ3) is 1.89. The molecule has 0 aliphatic rings. The van der Waals surface area contributed by atoms with Crippen molar-refractivity contribution >= 4 is 33.4 Å². The van der Waals surface area contributed by atoms with Crippen LogP contribution in [0.25, 0.3) is 27.6 Å². The number of hydrogen-bond acceptors (Lipinski definition) is 5. The Balaban J connectivity index is 2.05. The Morgan fingerprint density at radius 1 is 1.27 bits per heavy atom. The van der Waals surface area contributed by atoms with Crippen LogP contribution in [-0.4, -0.2) is 36.3 Å². The van der Waals surface area contributed by atoms with E-state index in [9.17, 15) is 0 Å². The maximum absolute atomic E-state index is 4.73. The van der Waals surface area contributed by atoms with Crippen molar-refractivity contribution in [3.63, 3.8) is 0 Å². The summed E-state index contributed by atoms with van der Waals surface area (Å²) in [6.45, 7) is 5.09. The van der Waals surface area contributed by atoms with Gasteiger partial charge in [-0.15, -0.1) is 5.10 Å². The van der Waals surface area contributed by atoms with E-state index in [1.165, 1.54) is 0 Å². The second-order valence-corrected chi connectivity index (χ2v) is 5.48. The SMILES string of the molecule is CCCCNc1nc2cc(C)[nH]n2c2c1cnc1nncc12. The first-order valence-electron chi connectivity index (χ1n) is 7.50. The van der Waals surface area contributed by atoms with Crippen LogP contribution in [0.3, 0.4) is 0 Å². The van der Waals surface area contributed by atoms with Gasteiger partial charge in [-0.1, -0.05) is 13.3 Å². The number of hydrogen-bond donors (Lipinski definition) is 2. The summed E-state index contributed by atoms with van der Waals surface area (Å²) in [7, 11) is 0. The molecular weight excluding hydrogens is 278 g/mol. The summed E-state index contributed by atoms with van der Waals surface area (Å²) in [5.74, 6) is 0.859. The first-order valence-corrected chi connectivity index (χ1v) is 7.50. The largest absolute Gasteiger partial charge is 0.369 e. The molecule has 0 aromatic carbocycles. The number of unbranched alkanes of at least 4 members (excludes halogenated alkanes) is 1. The second kappa shape index (κ2) is 4.94. The Kier molecular flexibility index (Phi) is 2.92. The van der Waals surface area contributed by atoms with E-state index in [1.807, 2.05) is 23.7 Å². The lowest BCUT2D eigenvalue weighted by atomic mass is 10.2. The van der Waals surface area contributed by atoms with Gasteiger partial charge in [0.05, 0.1) is 22.5 Å². The molecule has 7 nitrogen and oxygen atoms in total. The molecule has 22 heavy (non-hydrogen) atoms. The highest BCUT2D eigenvalue weighted by atomic mass is 15.3. The zero-order valence-corrected chi connectivity index (χ0v) is 12.6. The highest BCUT2D eigenvalue weighted by Crippen LogP contribution is 2.28. The van der Waals surface area contributed by atoms with E-state index < -0.39 is 0 Å². The predicted molar refractivity (Wildman–Crippen MR) is 86.1 cm³/mol. The lowest BCUT2D eigenvalue weighted by Crippen LogP contribution is -2.06. The monoisotopic (exact) mass is 295 g/mol. The minimum absolute atomic E-state index is 0.652. The van der Waals surface area contributed by atoms with E-state index >= 15 is 0 Å². The molecule has 4 aromatic heterocycles. The summed E-state index contributed by atoms with van der Waals surface area (Å²) < 4.78 is 1.98. The first kappa shape index (κ1) is 13.0. The van der Waals surface area contributed by atoms with E-state index in [2.05, 4.69) is 32.5 Å². The lowest BCUT2D eigenvalue weighted by Gasteiger charge is -2.10. The Hall–Kier alpha value is -2.70. The molecular formula is C15H17N7. The van der Waals surface area contributed by atoms with E-state index in [4.69, 9.17) is 4.98 Å². The van der Waals surface area contributed by atoms with E-state index in [0.717, 1.165) is 52.8 Å². The van der Waals surface area contributed by atoms with Crippen LogP contribution in [-0.2, 0) is 0 Å². The standard InChI is InChI=1S/C15H17N7/c1-3-4-5-16-14-10-7-17-15-11(8-18-20-15)13(10)22-12(19-14)6-9(2)21-22/h6-8,16,21H,3-5H2,1-2H3. The molecule has 0 amide bonds. The van der Waals surface area contributed by atoms with Gasteiger partial charge in [0, 0.05) is 24.5 Å². The molecule has 0 spiro atoms. The van der Waals surface area contributed by atoms with Crippen molar-refractivity contribution in [2.45, 2.75) is 26.7 Å². The molecule has 4 aromatic rings. The number of nitrogens with zero attached hydrogens (tertiary/aromatic N) is 5. The van der Waals surface area contributed by atoms with Crippen LogP contribution in [0.1, 0.15) is 25.5 Å². The molecule has 0 saturated heterocycles. The molecule has 4 rings (SSSR count). The average molecular weight is 295 g/mol. The second-order valence-electron chi connectivity index (χ2n) is 5.48. The van der Waals surface area contributed by atoms with Gasteiger partial charge in [0.25, 0.3) is 0 Å². The number of aromatic nitrogens is 6. The molecule has 0 unspecified atom stereocenters. The number of H-pyrrole nitrogens is 1. The molecule has 0 fully saturated rings. The fourth-order valence-electron chi connectivity index (χ4n) is 2.73.